The van der Waals surface area contributed by atoms with E-state index in [1.807, 2.05) is 20.8 Å². The van der Waals surface area contributed by atoms with Crippen molar-refractivity contribution in [3.8, 4) is 0 Å². The van der Waals surface area contributed by atoms with E-state index >= 15 is 0 Å². The molecule has 1 aromatic carbocycles. The molecule has 1 aromatic rings. The van der Waals surface area contributed by atoms with E-state index < -0.39 is 16.6 Å². The molecule has 4 rings (SSSR count). The second kappa shape index (κ2) is 7.84. The largest absolute Gasteiger partial charge is 0.444 e. The minimum atomic E-state index is -0.603. The number of rotatable bonds is 2. The van der Waals surface area contributed by atoms with Crippen molar-refractivity contribution >= 4 is 28.9 Å². The van der Waals surface area contributed by atoms with Crippen LogP contribution in [0.5, 0.6) is 0 Å². The molecule has 2 saturated heterocycles. The molecule has 10 heteroatoms. The van der Waals surface area contributed by atoms with E-state index in [0.29, 0.717) is 55.2 Å². The number of non-ortho nitro benzene ring substituents is 1. The minimum absolute atomic E-state index is 0.0787. The first-order valence-corrected chi connectivity index (χ1v) is 10.3. The summed E-state index contributed by atoms with van der Waals surface area (Å²) in [7, 11) is 0. The zero-order valence-electron chi connectivity index (χ0n) is 17.8. The molecule has 0 aromatic heterocycles. The van der Waals surface area contributed by atoms with Gasteiger partial charge in [0.25, 0.3) is 11.6 Å². The summed E-state index contributed by atoms with van der Waals surface area (Å²) in [6, 6.07) is 4.20. The minimum Gasteiger partial charge on any atom is -0.444 e. The summed E-state index contributed by atoms with van der Waals surface area (Å²) in [5, 5.41) is 14.5. The van der Waals surface area contributed by atoms with Crippen LogP contribution in [0.15, 0.2) is 23.9 Å². The topological polar surface area (TPSA) is 114 Å². The maximum absolute atomic E-state index is 13.5. The van der Waals surface area contributed by atoms with Gasteiger partial charge >= 0.3 is 6.09 Å². The standard InChI is InChI=1S/C21H26N4O6/c1-21(2,3)31-20(27)23-8-6-14(11-23)24-17-5-4-13(25(28)29)10-15(17)18(19(24)26)16-12-30-9-7-22-16/h4-5,10,14,22H,6-9,11-12H2,1-3H3/b18-16-/t14-/m0/s1. The van der Waals surface area contributed by atoms with Crippen LogP contribution in [0.25, 0.3) is 5.57 Å². The monoisotopic (exact) mass is 430 g/mol. The van der Waals surface area contributed by atoms with Crippen LogP contribution in [-0.2, 0) is 14.3 Å². The van der Waals surface area contributed by atoms with Gasteiger partial charge in [-0.2, -0.15) is 0 Å². The van der Waals surface area contributed by atoms with Crippen molar-refractivity contribution < 1.29 is 24.0 Å². The van der Waals surface area contributed by atoms with Gasteiger partial charge in [0.15, 0.2) is 0 Å². The number of nitrogens with zero attached hydrogens (tertiary/aromatic N) is 3. The highest BCUT2D eigenvalue weighted by molar-refractivity contribution is 6.33. The predicted octanol–water partition coefficient (Wildman–Crippen LogP) is 2.28. The molecular formula is C21H26N4O6. The van der Waals surface area contributed by atoms with Crippen LogP contribution in [0.3, 0.4) is 0 Å². The van der Waals surface area contributed by atoms with Crippen molar-refractivity contribution in [3.63, 3.8) is 0 Å². The van der Waals surface area contributed by atoms with Crippen molar-refractivity contribution in [2.45, 2.75) is 38.8 Å². The summed E-state index contributed by atoms with van der Waals surface area (Å²) >= 11 is 0. The van der Waals surface area contributed by atoms with Gasteiger partial charge in [0, 0.05) is 37.3 Å². The molecule has 0 aliphatic carbocycles. The summed E-state index contributed by atoms with van der Waals surface area (Å²) in [6.07, 6.45) is 0.181. The molecule has 3 heterocycles. The number of carbonyl (C=O) groups is 2. The normalized spacial score (nSPS) is 23.6. The molecule has 0 unspecified atom stereocenters. The lowest BCUT2D eigenvalue weighted by atomic mass is 10.0. The highest BCUT2D eigenvalue weighted by Gasteiger charge is 2.43. The average molecular weight is 430 g/mol. The maximum atomic E-state index is 13.5. The number of carbonyl (C=O) groups excluding carboxylic acids is 2. The molecule has 10 nitrogen and oxygen atoms in total. The molecule has 2 fully saturated rings. The number of amides is 2. The predicted molar refractivity (Wildman–Crippen MR) is 113 cm³/mol. The number of hydrogen-bond acceptors (Lipinski definition) is 7. The molecule has 0 bridgehead atoms. The van der Waals surface area contributed by atoms with E-state index in [2.05, 4.69) is 5.32 Å². The average Bonchev–Trinajstić information content (AvgIpc) is 3.28. The van der Waals surface area contributed by atoms with Crippen molar-refractivity contribution in [3.05, 3.63) is 39.6 Å². The van der Waals surface area contributed by atoms with Gasteiger partial charge in [-0.15, -0.1) is 0 Å². The molecule has 0 saturated carbocycles. The molecule has 3 aliphatic heterocycles. The zero-order valence-corrected chi connectivity index (χ0v) is 17.8. The van der Waals surface area contributed by atoms with Crippen LogP contribution in [0.1, 0.15) is 32.8 Å². The Morgan fingerprint density at radius 1 is 1.35 bits per heavy atom. The molecule has 166 valence electrons. The second-order valence-electron chi connectivity index (χ2n) is 8.84. The highest BCUT2D eigenvalue weighted by atomic mass is 16.6. The lowest BCUT2D eigenvalue weighted by Gasteiger charge is -2.27. The number of nitro groups is 1. The van der Waals surface area contributed by atoms with Crippen LogP contribution in [0.2, 0.25) is 0 Å². The van der Waals surface area contributed by atoms with Crippen LogP contribution in [0, 0.1) is 10.1 Å². The molecule has 1 N–H and O–H groups in total. The lowest BCUT2D eigenvalue weighted by Crippen LogP contribution is -2.42. The Morgan fingerprint density at radius 3 is 2.77 bits per heavy atom. The fraction of sp³-hybridized carbons (Fsp3) is 0.524. The van der Waals surface area contributed by atoms with Gasteiger partial charge in [0.1, 0.15) is 5.60 Å². The number of nitrogens with one attached hydrogen (secondary N) is 1. The molecule has 2 amide bonds. The van der Waals surface area contributed by atoms with E-state index in [-0.39, 0.29) is 24.2 Å². The van der Waals surface area contributed by atoms with Crippen LogP contribution >= 0.6 is 0 Å². The number of hydrogen-bond donors (Lipinski definition) is 1. The van der Waals surface area contributed by atoms with Gasteiger partial charge in [0.2, 0.25) is 0 Å². The van der Waals surface area contributed by atoms with Gasteiger partial charge in [-0.05, 0) is 33.3 Å². The van der Waals surface area contributed by atoms with Crippen LogP contribution in [-0.4, -0.2) is 66.3 Å². The third-order valence-electron chi connectivity index (χ3n) is 5.47. The van der Waals surface area contributed by atoms with Gasteiger partial charge in [-0.3, -0.25) is 14.9 Å². The van der Waals surface area contributed by atoms with Crippen molar-refractivity contribution in [1.29, 1.82) is 0 Å². The molecule has 3 aliphatic rings. The highest BCUT2D eigenvalue weighted by Crippen LogP contribution is 2.42. The van der Waals surface area contributed by atoms with E-state index in [0.717, 1.165) is 0 Å². The summed E-state index contributed by atoms with van der Waals surface area (Å²) in [5.41, 5.74) is 1.47. The Labute approximate surface area is 179 Å². The Balaban J connectivity index is 1.66. The molecular weight excluding hydrogens is 404 g/mol. The smallest absolute Gasteiger partial charge is 0.410 e. The Kier molecular flexibility index (Phi) is 5.34. The Hall–Kier alpha value is -3.14. The van der Waals surface area contributed by atoms with Crippen molar-refractivity contribution in [2.24, 2.45) is 0 Å². The first kappa shape index (κ1) is 21.1. The second-order valence-corrected chi connectivity index (χ2v) is 8.84. The van der Waals surface area contributed by atoms with Gasteiger partial charge in [-0.1, -0.05) is 0 Å². The third kappa shape index (κ3) is 4.07. The van der Waals surface area contributed by atoms with Crippen molar-refractivity contribution in [2.75, 3.05) is 37.7 Å². The fourth-order valence-corrected chi connectivity index (χ4v) is 4.15. The molecule has 0 spiro atoms. The molecule has 0 radical (unpaired) electrons. The summed E-state index contributed by atoms with van der Waals surface area (Å²) in [4.78, 5) is 40.1. The van der Waals surface area contributed by atoms with Gasteiger partial charge in [0.05, 0.1) is 41.1 Å². The number of ether oxygens (including phenoxy) is 2. The van der Waals surface area contributed by atoms with E-state index in [1.165, 1.54) is 12.1 Å². The van der Waals surface area contributed by atoms with Crippen LogP contribution < -0.4 is 10.2 Å². The summed E-state index contributed by atoms with van der Waals surface area (Å²) in [6.45, 7) is 7.57. The van der Waals surface area contributed by atoms with E-state index in [9.17, 15) is 19.7 Å². The summed E-state index contributed by atoms with van der Waals surface area (Å²) < 4.78 is 11.0. The number of likely N-dealkylation sites (tertiary alicyclic amines) is 1. The Morgan fingerprint density at radius 2 is 2.13 bits per heavy atom. The number of anilines is 1. The summed E-state index contributed by atoms with van der Waals surface area (Å²) in [5.74, 6) is -0.237. The number of nitro benzene ring substituents is 1. The zero-order chi connectivity index (χ0) is 22.3. The SMILES string of the molecule is CC(C)(C)OC(=O)N1CC[C@H](N2C(=O)/C(=C3/COCCN3)c3cc([N+](=O)[O-])ccc32)C1. The number of benzene rings is 1. The molecule has 1 atom stereocenters. The number of morpholine rings is 1. The first-order chi connectivity index (χ1) is 14.7. The first-order valence-electron chi connectivity index (χ1n) is 10.3. The quantitative estimate of drug-likeness (QED) is 0.435. The lowest BCUT2D eigenvalue weighted by molar-refractivity contribution is -0.384. The number of fused-ring (bicyclic) bond motifs is 1. The van der Waals surface area contributed by atoms with Crippen molar-refractivity contribution in [1.82, 2.24) is 10.2 Å². The Bertz CT molecular complexity index is 959. The van der Waals surface area contributed by atoms with Gasteiger partial charge < -0.3 is 24.6 Å². The molecule has 31 heavy (non-hydrogen) atoms. The maximum Gasteiger partial charge on any atom is 0.410 e. The third-order valence-corrected chi connectivity index (χ3v) is 5.47. The van der Waals surface area contributed by atoms with Gasteiger partial charge in [-0.25, -0.2) is 4.79 Å². The fourth-order valence-electron chi connectivity index (χ4n) is 4.15. The van der Waals surface area contributed by atoms with Crippen LogP contribution in [0.4, 0.5) is 16.2 Å². The van der Waals surface area contributed by atoms with E-state index in [4.69, 9.17) is 9.47 Å². The van der Waals surface area contributed by atoms with E-state index in [1.54, 1.807) is 15.9 Å².